The van der Waals surface area contributed by atoms with Crippen molar-refractivity contribution < 1.29 is 28.5 Å². The van der Waals surface area contributed by atoms with Gasteiger partial charge in [-0.1, -0.05) is 6.07 Å². The summed E-state index contributed by atoms with van der Waals surface area (Å²) in [6, 6.07) is 10.3. The highest BCUT2D eigenvalue weighted by atomic mass is 16.5. The largest absolute Gasteiger partial charge is 0.492 e. The van der Waals surface area contributed by atoms with Crippen molar-refractivity contribution in [2.75, 3.05) is 34.0 Å². The summed E-state index contributed by atoms with van der Waals surface area (Å²) < 4.78 is 24.8. The van der Waals surface area contributed by atoms with E-state index in [4.69, 9.17) is 23.9 Å². The summed E-state index contributed by atoms with van der Waals surface area (Å²) >= 11 is 0. The van der Waals surface area contributed by atoms with Crippen LogP contribution in [0.25, 0.3) is 16.8 Å². The van der Waals surface area contributed by atoms with Gasteiger partial charge in [-0.15, -0.1) is 0 Å². The predicted octanol–water partition coefficient (Wildman–Crippen LogP) is 2.68. The molecule has 41 heavy (non-hydrogen) atoms. The molecule has 12 nitrogen and oxygen atoms in total. The lowest BCUT2D eigenvalue weighted by Crippen LogP contribution is -2.40. The van der Waals surface area contributed by atoms with Gasteiger partial charge in [-0.05, 0) is 42.8 Å². The van der Waals surface area contributed by atoms with Crippen molar-refractivity contribution in [3.63, 3.8) is 0 Å². The molecule has 4 bridgehead atoms. The standard InChI is InChI=1S/C29H30N6O6/c1-17(23-6-4-5-7-30-23)32-27(36)19-10-18-11-21(12-19)40-9-8-34-20(13-24(38-2)29(34)37)16-41-28-25(39-3)15-35-26(33-28)22(18)14-31-35/h4-7,10-12,14-15,17,20,24H,8-9,13,16H2,1-3H3,(H,32,36)/t17-,20+,24-/m1/s1. The third-order valence-electron chi connectivity index (χ3n) is 7.39. The first-order valence-electron chi connectivity index (χ1n) is 13.3. The molecule has 0 saturated carbocycles. The molecule has 4 aromatic rings. The van der Waals surface area contributed by atoms with E-state index in [1.165, 1.54) is 14.2 Å². The zero-order chi connectivity index (χ0) is 28.5. The minimum atomic E-state index is -0.558. The lowest BCUT2D eigenvalue weighted by atomic mass is 10.0. The molecule has 0 unspecified atom stereocenters. The number of carbonyl (C=O) groups excluding carboxylic acids is 2. The van der Waals surface area contributed by atoms with E-state index in [1.807, 2.05) is 31.2 Å². The number of nitrogens with zero attached hydrogens (tertiary/aromatic N) is 5. The quantitative estimate of drug-likeness (QED) is 0.393. The van der Waals surface area contributed by atoms with E-state index in [0.717, 1.165) is 5.69 Å². The highest BCUT2D eigenvalue weighted by Gasteiger charge is 2.40. The zero-order valence-corrected chi connectivity index (χ0v) is 22.9. The monoisotopic (exact) mass is 558 g/mol. The van der Waals surface area contributed by atoms with Gasteiger partial charge in [-0.25, -0.2) is 4.52 Å². The molecule has 0 spiro atoms. The van der Waals surface area contributed by atoms with E-state index in [2.05, 4.69) is 15.4 Å². The average Bonchev–Trinajstić information content (AvgIpc) is 3.55. The fourth-order valence-corrected chi connectivity index (χ4v) is 5.21. The third kappa shape index (κ3) is 5.13. The highest BCUT2D eigenvalue weighted by molar-refractivity contribution is 5.97. The van der Waals surface area contributed by atoms with E-state index >= 15 is 0 Å². The molecule has 1 saturated heterocycles. The Morgan fingerprint density at radius 3 is 2.85 bits per heavy atom. The smallest absolute Gasteiger partial charge is 0.260 e. The maximum atomic E-state index is 13.4. The second kappa shape index (κ2) is 11.0. The van der Waals surface area contributed by atoms with Crippen molar-refractivity contribution in [1.82, 2.24) is 29.8 Å². The summed E-state index contributed by atoms with van der Waals surface area (Å²) in [4.78, 5) is 37.2. The van der Waals surface area contributed by atoms with Crippen LogP contribution in [-0.4, -0.2) is 82.4 Å². The number of benzene rings is 1. The Morgan fingerprint density at radius 1 is 1.20 bits per heavy atom. The van der Waals surface area contributed by atoms with Gasteiger partial charge < -0.3 is 29.2 Å². The molecule has 5 heterocycles. The van der Waals surface area contributed by atoms with Crippen LogP contribution in [0.4, 0.5) is 0 Å². The molecule has 2 aliphatic heterocycles. The number of methoxy groups -OCH3 is 2. The van der Waals surface area contributed by atoms with Crippen molar-refractivity contribution in [3.05, 3.63) is 66.2 Å². The lowest BCUT2D eigenvalue weighted by molar-refractivity contribution is -0.137. The molecule has 0 radical (unpaired) electrons. The number of aromatic nitrogens is 4. The summed E-state index contributed by atoms with van der Waals surface area (Å²) in [5.74, 6) is 0.748. The first kappa shape index (κ1) is 26.5. The van der Waals surface area contributed by atoms with Crippen molar-refractivity contribution in [3.8, 4) is 28.5 Å². The van der Waals surface area contributed by atoms with Crippen molar-refractivity contribution in [1.29, 1.82) is 0 Å². The lowest BCUT2D eigenvalue weighted by Gasteiger charge is -2.25. The first-order chi connectivity index (χ1) is 19.9. The number of pyridine rings is 1. The van der Waals surface area contributed by atoms with Gasteiger partial charge in [0, 0.05) is 30.9 Å². The van der Waals surface area contributed by atoms with Crippen LogP contribution in [-0.2, 0) is 9.53 Å². The average molecular weight is 559 g/mol. The Labute approximate surface area is 236 Å². The molecule has 212 valence electrons. The molecule has 6 rings (SSSR count). The SMILES string of the molecule is COc1cn2ncc3c2nc1OC[C@@H]1C[C@@H](OC)C(=O)N1CCOc1cc(C(=O)N[C@H](C)c2ccccn2)cc-3c1. The molecule has 12 heteroatoms. The maximum Gasteiger partial charge on any atom is 0.260 e. The van der Waals surface area contributed by atoms with E-state index in [9.17, 15) is 9.59 Å². The van der Waals surface area contributed by atoms with Crippen LogP contribution in [0.3, 0.4) is 0 Å². The number of rotatable bonds is 5. The second-order valence-corrected chi connectivity index (χ2v) is 9.94. The minimum absolute atomic E-state index is 0.123. The Balaban J connectivity index is 1.40. The Bertz CT molecular complexity index is 1590. The fraction of sp³-hybridized carbons (Fsp3) is 0.345. The Kier molecular flexibility index (Phi) is 7.14. The van der Waals surface area contributed by atoms with E-state index in [1.54, 1.807) is 40.1 Å². The van der Waals surface area contributed by atoms with Crippen molar-refractivity contribution >= 4 is 17.5 Å². The molecule has 3 atom stereocenters. The summed E-state index contributed by atoms with van der Waals surface area (Å²) in [5.41, 5.74) is 3.02. The summed E-state index contributed by atoms with van der Waals surface area (Å²) in [6.45, 7) is 2.61. The van der Waals surface area contributed by atoms with Crippen LogP contribution < -0.4 is 19.5 Å². The van der Waals surface area contributed by atoms with Crippen molar-refractivity contribution in [2.45, 2.75) is 31.5 Å². The second-order valence-electron chi connectivity index (χ2n) is 9.94. The van der Waals surface area contributed by atoms with Gasteiger partial charge in [0.2, 0.25) is 0 Å². The number of hydrogen-bond acceptors (Lipinski definition) is 9. The molecule has 2 amide bonds. The van der Waals surface area contributed by atoms with Gasteiger partial charge in [0.25, 0.3) is 17.7 Å². The van der Waals surface area contributed by atoms with Crippen molar-refractivity contribution in [2.24, 2.45) is 0 Å². The molecule has 2 aliphatic rings. The molecule has 1 N–H and O–H groups in total. The van der Waals surface area contributed by atoms with E-state index < -0.39 is 6.10 Å². The number of amides is 2. The summed E-state index contributed by atoms with van der Waals surface area (Å²) in [7, 11) is 3.05. The Morgan fingerprint density at radius 2 is 2.07 bits per heavy atom. The fourth-order valence-electron chi connectivity index (χ4n) is 5.21. The predicted molar refractivity (Wildman–Crippen MR) is 147 cm³/mol. The van der Waals surface area contributed by atoms with Gasteiger partial charge in [-0.2, -0.15) is 10.1 Å². The van der Waals surface area contributed by atoms with Crippen LogP contribution in [0.15, 0.2) is 55.0 Å². The molecular formula is C29H30N6O6. The minimum Gasteiger partial charge on any atom is -0.492 e. The summed E-state index contributed by atoms with van der Waals surface area (Å²) in [6.07, 6.45) is 4.97. The molecule has 1 aromatic carbocycles. The third-order valence-corrected chi connectivity index (χ3v) is 7.39. The number of hydrogen-bond donors (Lipinski definition) is 1. The van der Waals surface area contributed by atoms with Gasteiger partial charge in [0.1, 0.15) is 25.1 Å². The molecule has 3 aromatic heterocycles. The normalized spacial score (nSPS) is 19.2. The Hall–Kier alpha value is -4.71. The maximum absolute atomic E-state index is 13.4. The number of fused-ring (bicyclic) bond motifs is 5. The number of nitrogens with one attached hydrogen (secondary N) is 1. The van der Waals surface area contributed by atoms with Gasteiger partial charge in [-0.3, -0.25) is 14.6 Å². The molecule has 1 fully saturated rings. The highest BCUT2D eigenvalue weighted by Crippen LogP contribution is 2.34. The van der Waals surface area contributed by atoms with E-state index in [-0.39, 0.29) is 43.0 Å². The van der Waals surface area contributed by atoms with Crippen LogP contribution in [0.2, 0.25) is 0 Å². The number of ether oxygens (including phenoxy) is 4. The van der Waals surface area contributed by atoms with Crippen LogP contribution in [0, 0.1) is 0 Å². The first-order valence-corrected chi connectivity index (χ1v) is 13.3. The summed E-state index contributed by atoms with van der Waals surface area (Å²) in [5, 5.41) is 7.47. The van der Waals surface area contributed by atoms with Crippen LogP contribution in [0.5, 0.6) is 17.4 Å². The van der Waals surface area contributed by atoms with Gasteiger partial charge in [0.05, 0.1) is 43.8 Å². The zero-order valence-electron chi connectivity index (χ0n) is 22.9. The number of carbonyl (C=O) groups is 2. The molecule has 0 aliphatic carbocycles. The van der Waals surface area contributed by atoms with Crippen LogP contribution in [0.1, 0.15) is 35.4 Å². The van der Waals surface area contributed by atoms with Crippen LogP contribution >= 0.6 is 0 Å². The topological polar surface area (TPSA) is 129 Å². The van der Waals surface area contributed by atoms with Gasteiger partial charge in [0.15, 0.2) is 11.4 Å². The molecular weight excluding hydrogens is 528 g/mol. The van der Waals surface area contributed by atoms with Gasteiger partial charge >= 0.3 is 0 Å². The van der Waals surface area contributed by atoms with E-state index in [0.29, 0.717) is 46.8 Å².